The second-order valence-electron chi connectivity index (χ2n) is 4.78. The summed E-state index contributed by atoms with van der Waals surface area (Å²) in [4.78, 5) is 2.04. The topological polar surface area (TPSA) is 23.5 Å². The van der Waals surface area contributed by atoms with Gasteiger partial charge in [0.05, 0.1) is 16.8 Å². The van der Waals surface area contributed by atoms with Gasteiger partial charge < -0.3 is 10.0 Å². The number of halogens is 1. The maximum atomic E-state index is 9.56. The Bertz CT molecular complexity index is 581. The monoisotopic (exact) mass is 275 g/mol. The molecule has 0 aromatic heterocycles. The van der Waals surface area contributed by atoms with Crippen molar-refractivity contribution in [3.05, 3.63) is 58.6 Å². The van der Waals surface area contributed by atoms with Crippen LogP contribution in [-0.2, 0) is 0 Å². The molecule has 19 heavy (non-hydrogen) atoms. The van der Waals surface area contributed by atoms with Crippen LogP contribution in [0.3, 0.4) is 0 Å². The zero-order chi connectivity index (χ0) is 14.0. The number of anilines is 2. The van der Waals surface area contributed by atoms with Crippen LogP contribution in [0.5, 0.6) is 0 Å². The van der Waals surface area contributed by atoms with Crippen molar-refractivity contribution in [1.29, 1.82) is 0 Å². The molecule has 0 amide bonds. The number of hydrogen-bond acceptors (Lipinski definition) is 2. The van der Waals surface area contributed by atoms with Gasteiger partial charge in [0.1, 0.15) is 0 Å². The highest BCUT2D eigenvalue weighted by molar-refractivity contribution is 6.33. The minimum absolute atomic E-state index is 0.504. The zero-order valence-electron chi connectivity index (χ0n) is 11.4. The smallest absolute Gasteiger partial charge is 0.0762 e. The molecule has 2 aromatic rings. The summed E-state index contributed by atoms with van der Waals surface area (Å²) >= 11 is 6.31. The number of aryl methyl sites for hydroxylation is 1. The first kappa shape index (κ1) is 13.9. The average Bonchev–Trinajstić information content (AvgIpc) is 2.37. The third-order valence-corrected chi connectivity index (χ3v) is 3.51. The summed E-state index contributed by atoms with van der Waals surface area (Å²) in [6, 6.07) is 13.9. The van der Waals surface area contributed by atoms with Gasteiger partial charge in [-0.05, 0) is 49.2 Å². The van der Waals surface area contributed by atoms with Gasteiger partial charge in [0.2, 0.25) is 0 Å². The largest absolute Gasteiger partial charge is 0.389 e. The molecular weight excluding hydrogens is 258 g/mol. The van der Waals surface area contributed by atoms with Gasteiger partial charge in [0, 0.05) is 12.7 Å². The summed E-state index contributed by atoms with van der Waals surface area (Å²) in [7, 11) is 1.98. The normalized spacial score (nSPS) is 12.3. The van der Waals surface area contributed by atoms with E-state index in [2.05, 4.69) is 19.1 Å². The Hall–Kier alpha value is -1.51. The van der Waals surface area contributed by atoms with E-state index in [1.54, 1.807) is 6.92 Å². The molecule has 0 bridgehead atoms. The molecule has 0 saturated heterocycles. The highest BCUT2D eigenvalue weighted by Crippen LogP contribution is 2.32. The van der Waals surface area contributed by atoms with E-state index in [1.165, 1.54) is 5.56 Å². The van der Waals surface area contributed by atoms with Crippen molar-refractivity contribution in [2.24, 2.45) is 0 Å². The number of rotatable bonds is 3. The second kappa shape index (κ2) is 5.64. The molecule has 0 aliphatic heterocycles. The quantitative estimate of drug-likeness (QED) is 0.893. The maximum Gasteiger partial charge on any atom is 0.0762 e. The fourth-order valence-corrected chi connectivity index (χ4v) is 2.35. The molecule has 0 saturated carbocycles. The Balaban J connectivity index is 2.36. The molecule has 2 nitrogen and oxygen atoms in total. The van der Waals surface area contributed by atoms with Gasteiger partial charge >= 0.3 is 0 Å². The summed E-state index contributed by atoms with van der Waals surface area (Å²) in [5.41, 5.74) is 4.05. The van der Waals surface area contributed by atoms with E-state index in [9.17, 15) is 5.11 Å². The predicted octanol–water partition coefficient (Wildman–Crippen LogP) is 4.47. The minimum atomic E-state index is -0.504. The van der Waals surface area contributed by atoms with Gasteiger partial charge in [0.15, 0.2) is 0 Å². The molecule has 2 aromatic carbocycles. The van der Waals surface area contributed by atoms with E-state index in [1.807, 2.05) is 42.3 Å². The number of benzene rings is 2. The SMILES string of the molecule is Cc1cccc(N(C)c2ccc(C(C)O)cc2Cl)c1. The highest BCUT2D eigenvalue weighted by Gasteiger charge is 2.10. The summed E-state index contributed by atoms with van der Waals surface area (Å²) in [5.74, 6) is 0. The first-order chi connectivity index (χ1) is 8.99. The molecule has 0 radical (unpaired) electrons. The van der Waals surface area contributed by atoms with Gasteiger partial charge in [-0.15, -0.1) is 0 Å². The number of aliphatic hydroxyl groups is 1. The maximum absolute atomic E-state index is 9.56. The van der Waals surface area contributed by atoms with Gasteiger partial charge in [-0.25, -0.2) is 0 Å². The van der Waals surface area contributed by atoms with Gasteiger partial charge in [0.25, 0.3) is 0 Å². The van der Waals surface area contributed by atoms with Crippen molar-refractivity contribution >= 4 is 23.0 Å². The van der Waals surface area contributed by atoms with E-state index < -0.39 is 6.10 Å². The number of aliphatic hydroxyl groups excluding tert-OH is 1. The lowest BCUT2D eigenvalue weighted by Crippen LogP contribution is -2.10. The Morgan fingerprint density at radius 3 is 2.47 bits per heavy atom. The van der Waals surface area contributed by atoms with Crippen LogP contribution in [0, 0.1) is 6.92 Å². The molecule has 0 heterocycles. The fraction of sp³-hybridized carbons (Fsp3) is 0.250. The minimum Gasteiger partial charge on any atom is -0.389 e. The molecule has 1 unspecified atom stereocenters. The van der Waals surface area contributed by atoms with Gasteiger partial charge in [-0.2, -0.15) is 0 Å². The molecule has 0 aliphatic carbocycles. The van der Waals surface area contributed by atoms with Crippen LogP contribution in [0.4, 0.5) is 11.4 Å². The van der Waals surface area contributed by atoms with Crippen LogP contribution in [-0.4, -0.2) is 12.2 Å². The predicted molar refractivity (Wildman–Crippen MR) is 81.3 cm³/mol. The lowest BCUT2D eigenvalue weighted by molar-refractivity contribution is 0.199. The van der Waals surface area contributed by atoms with Gasteiger partial charge in [-0.1, -0.05) is 29.8 Å². The van der Waals surface area contributed by atoms with Crippen molar-refractivity contribution < 1.29 is 5.11 Å². The molecule has 1 N–H and O–H groups in total. The lowest BCUT2D eigenvalue weighted by Gasteiger charge is -2.22. The van der Waals surface area contributed by atoms with Crippen LogP contribution in [0.25, 0.3) is 0 Å². The third kappa shape index (κ3) is 3.09. The Labute approximate surface area is 119 Å². The Kier molecular flexibility index (Phi) is 4.13. The molecule has 3 heteroatoms. The third-order valence-electron chi connectivity index (χ3n) is 3.20. The van der Waals surface area contributed by atoms with E-state index >= 15 is 0 Å². The van der Waals surface area contributed by atoms with Crippen LogP contribution in [0.2, 0.25) is 5.02 Å². The molecule has 0 fully saturated rings. The summed E-state index contributed by atoms with van der Waals surface area (Å²) in [5, 5.41) is 10.2. The lowest BCUT2D eigenvalue weighted by atomic mass is 10.1. The van der Waals surface area contributed by atoms with E-state index in [4.69, 9.17) is 11.6 Å². The molecule has 1 atom stereocenters. The molecular formula is C16H18ClNO. The summed E-state index contributed by atoms with van der Waals surface area (Å²) in [6.07, 6.45) is -0.504. The Morgan fingerprint density at radius 2 is 1.89 bits per heavy atom. The average molecular weight is 276 g/mol. The highest BCUT2D eigenvalue weighted by atomic mass is 35.5. The first-order valence-corrected chi connectivity index (χ1v) is 6.64. The summed E-state index contributed by atoms with van der Waals surface area (Å²) in [6.45, 7) is 3.80. The van der Waals surface area contributed by atoms with Crippen molar-refractivity contribution in [3.63, 3.8) is 0 Å². The summed E-state index contributed by atoms with van der Waals surface area (Å²) < 4.78 is 0. The molecule has 0 spiro atoms. The number of nitrogens with zero attached hydrogens (tertiary/aromatic N) is 1. The van der Waals surface area contributed by atoms with Crippen LogP contribution in [0.1, 0.15) is 24.2 Å². The van der Waals surface area contributed by atoms with Crippen molar-refractivity contribution in [2.75, 3.05) is 11.9 Å². The van der Waals surface area contributed by atoms with Crippen molar-refractivity contribution in [3.8, 4) is 0 Å². The number of hydrogen-bond donors (Lipinski definition) is 1. The van der Waals surface area contributed by atoms with Gasteiger partial charge in [-0.3, -0.25) is 0 Å². The first-order valence-electron chi connectivity index (χ1n) is 6.27. The fourth-order valence-electron chi connectivity index (χ4n) is 2.03. The molecule has 0 aliphatic rings. The molecule has 100 valence electrons. The van der Waals surface area contributed by atoms with E-state index in [0.717, 1.165) is 16.9 Å². The standard InChI is InChI=1S/C16H18ClNO/c1-11-5-4-6-14(9-11)18(3)16-8-7-13(12(2)19)10-15(16)17/h4-10,12,19H,1-3H3. The van der Waals surface area contributed by atoms with Crippen molar-refractivity contribution in [1.82, 2.24) is 0 Å². The molecule has 2 rings (SSSR count). The van der Waals surface area contributed by atoms with E-state index in [0.29, 0.717) is 5.02 Å². The van der Waals surface area contributed by atoms with Crippen LogP contribution >= 0.6 is 11.6 Å². The zero-order valence-corrected chi connectivity index (χ0v) is 12.1. The Morgan fingerprint density at radius 1 is 1.16 bits per heavy atom. The second-order valence-corrected chi connectivity index (χ2v) is 5.19. The van der Waals surface area contributed by atoms with Crippen LogP contribution < -0.4 is 4.90 Å². The van der Waals surface area contributed by atoms with Crippen LogP contribution in [0.15, 0.2) is 42.5 Å². The van der Waals surface area contributed by atoms with Crippen molar-refractivity contribution in [2.45, 2.75) is 20.0 Å². The van der Waals surface area contributed by atoms with E-state index in [-0.39, 0.29) is 0 Å².